The fourth-order valence-electron chi connectivity index (χ4n) is 1.43. The van der Waals surface area contributed by atoms with Crippen LogP contribution >= 0.6 is 0 Å². The normalized spacial score (nSPS) is 23.4. The predicted molar refractivity (Wildman–Crippen MR) is 45.2 cm³/mol. The molecule has 0 aromatic rings. The lowest BCUT2D eigenvalue weighted by atomic mass is 10.0. The van der Waals surface area contributed by atoms with Crippen LogP contribution in [0.15, 0.2) is 0 Å². The van der Waals surface area contributed by atoms with E-state index >= 15 is 0 Å². The zero-order valence-electron chi connectivity index (χ0n) is 6.84. The highest BCUT2D eigenvalue weighted by atomic mass is 32.2. The molecule has 0 radical (unpaired) electrons. The van der Waals surface area contributed by atoms with E-state index in [1.165, 1.54) is 26.4 Å². The van der Waals surface area contributed by atoms with Crippen molar-refractivity contribution in [2.45, 2.75) is 37.4 Å². The fourth-order valence-corrected chi connectivity index (χ4v) is 2.49. The van der Waals surface area contributed by atoms with E-state index < -0.39 is 11.0 Å². The van der Waals surface area contributed by atoms with Crippen LogP contribution in [0.1, 0.15) is 32.1 Å². The van der Waals surface area contributed by atoms with Gasteiger partial charge >= 0.3 is 0 Å². The van der Waals surface area contributed by atoms with Crippen molar-refractivity contribution in [2.75, 3.05) is 7.11 Å². The Kier molecular flexibility index (Phi) is 4.04. The van der Waals surface area contributed by atoms with Gasteiger partial charge in [0.2, 0.25) is 0 Å². The molecular formula is C7H15NO2S. The van der Waals surface area contributed by atoms with Crippen LogP contribution in [0.3, 0.4) is 0 Å². The average Bonchev–Trinajstić information content (AvgIpc) is 2.07. The van der Waals surface area contributed by atoms with Gasteiger partial charge in [0.1, 0.15) is 11.0 Å². The van der Waals surface area contributed by atoms with Crippen LogP contribution in [0, 0.1) is 0 Å². The highest BCUT2D eigenvalue weighted by molar-refractivity contribution is 7.83. The Labute approximate surface area is 70.1 Å². The van der Waals surface area contributed by atoms with Gasteiger partial charge in [-0.2, -0.15) is 0 Å². The van der Waals surface area contributed by atoms with Gasteiger partial charge in [0.25, 0.3) is 0 Å². The molecule has 0 amide bonds. The molecule has 3 nitrogen and oxygen atoms in total. The van der Waals surface area contributed by atoms with Crippen molar-refractivity contribution in [1.29, 1.82) is 0 Å². The molecule has 0 spiro atoms. The summed E-state index contributed by atoms with van der Waals surface area (Å²) in [7, 11) is 0.522. The first kappa shape index (κ1) is 9.16. The van der Waals surface area contributed by atoms with Crippen molar-refractivity contribution in [1.82, 2.24) is 4.89 Å². The van der Waals surface area contributed by atoms with Crippen LogP contribution in [0.2, 0.25) is 0 Å². The topological polar surface area (TPSA) is 38.3 Å². The molecule has 1 rings (SSSR count). The molecule has 1 unspecified atom stereocenters. The average molecular weight is 177 g/mol. The molecule has 1 fully saturated rings. The Morgan fingerprint density at radius 2 is 2.00 bits per heavy atom. The molecule has 1 aliphatic carbocycles. The Bertz CT molecular complexity index is 134. The van der Waals surface area contributed by atoms with Gasteiger partial charge in [0.15, 0.2) is 0 Å². The summed E-state index contributed by atoms with van der Waals surface area (Å²) >= 11 is 0. The van der Waals surface area contributed by atoms with E-state index in [4.69, 9.17) is 0 Å². The third-order valence-corrected chi connectivity index (χ3v) is 3.43. The molecule has 4 heteroatoms. The maximum atomic E-state index is 11.3. The molecule has 0 aromatic heterocycles. The van der Waals surface area contributed by atoms with Crippen molar-refractivity contribution < 1.29 is 9.05 Å². The summed E-state index contributed by atoms with van der Waals surface area (Å²) in [5, 5.41) is 0.309. The van der Waals surface area contributed by atoms with Crippen LogP contribution in [-0.4, -0.2) is 16.6 Å². The van der Waals surface area contributed by atoms with Crippen LogP contribution in [0.25, 0.3) is 0 Å². The van der Waals surface area contributed by atoms with Gasteiger partial charge in [-0.1, -0.05) is 19.3 Å². The quantitative estimate of drug-likeness (QED) is 0.656. The molecule has 0 aromatic carbocycles. The second-order valence-electron chi connectivity index (χ2n) is 2.84. The summed E-state index contributed by atoms with van der Waals surface area (Å²) in [6.45, 7) is 0. The third-order valence-electron chi connectivity index (χ3n) is 2.02. The predicted octanol–water partition coefficient (Wildman–Crippen LogP) is 1.13. The lowest BCUT2D eigenvalue weighted by molar-refractivity contribution is 0.157. The first-order valence-corrected chi connectivity index (χ1v) is 5.25. The first-order chi connectivity index (χ1) is 5.34. The third kappa shape index (κ3) is 2.89. The lowest BCUT2D eigenvalue weighted by Crippen LogP contribution is -2.28. The van der Waals surface area contributed by atoms with Gasteiger partial charge in [0.05, 0.1) is 12.4 Å². The number of hydrogen-bond donors (Lipinski definition) is 1. The lowest BCUT2D eigenvalue weighted by Gasteiger charge is -2.19. The van der Waals surface area contributed by atoms with Crippen LogP contribution < -0.4 is 4.89 Å². The van der Waals surface area contributed by atoms with Gasteiger partial charge in [-0.25, -0.2) is 4.21 Å². The van der Waals surface area contributed by atoms with E-state index in [9.17, 15) is 4.21 Å². The van der Waals surface area contributed by atoms with E-state index in [-0.39, 0.29) is 0 Å². The zero-order chi connectivity index (χ0) is 8.10. The van der Waals surface area contributed by atoms with Crippen molar-refractivity contribution >= 4 is 11.0 Å². The zero-order valence-corrected chi connectivity index (χ0v) is 7.65. The Morgan fingerprint density at radius 3 is 2.55 bits per heavy atom. The molecule has 66 valence electrons. The minimum absolute atomic E-state index is 0.309. The monoisotopic (exact) mass is 177 g/mol. The molecule has 0 saturated heterocycles. The SMILES string of the molecule is CONS(=O)C1CCCCC1. The maximum absolute atomic E-state index is 11.3. The second-order valence-corrected chi connectivity index (χ2v) is 4.27. The van der Waals surface area contributed by atoms with E-state index in [1.807, 2.05) is 0 Å². The minimum atomic E-state index is -0.979. The minimum Gasteiger partial charge on any atom is -0.292 e. The Balaban J connectivity index is 2.27. The van der Waals surface area contributed by atoms with Gasteiger partial charge in [-0.05, 0) is 12.8 Å². The number of hydrogen-bond acceptors (Lipinski definition) is 2. The van der Waals surface area contributed by atoms with Gasteiger partial charge < -0.3 is 0 Å². The summed E-state index contributed by atoms with van der Waals surface area (Å²) in [5.74, 6) is 0. The fraction of sp³-hybridized carbons (Fsp3) is 1.00. The Hall–Kier alpha value is 0.0700. The molecule has 1 aliphatic rings. The largest absolute Gasteiger partial charge is 0.292 e. The van der Waals surface area contributed by atoms with Crippen LogP contribution in [-0.2, 0) is 15.8 Å². The molecular weight excluding hydrogens is 162 g/mol. The van der Waals surface area contributed by atoms with Crippen molar-refractivity contribution in [3.63, 3.8) is 0 Å². The highest BCUT2D eigenvalue weighted by Crippen LogP contribution is 2.20. The van der Waals surface area contributed by atoms with Gasteiger partial charge in [0, 0.05) is 0 Å². The maximum Gasteiger partial charge on any atom is 0.118 e. The van der Waals surface area contributed by atoms with E-state index in [0.717, 1.165) is 12.8 Å². The molecule has 1 saturated carbocycles. The van der Waals surface area contributed by atoms with Crippen LogP contribution in [0.5, 0.6) is 0 Å². The summed E-state index contributed by atoms with van der Waals surface area (Å²) in [6.07, 6.45) is 5.86. The van der Waals surface area contributed by atoms with E-state index in [2.05, 4.69) is 9.72 Å². The summed E-state index contributed by atoms with van der Waals surface area (Å²) in [5.41, 5.74) is 0. The molecule has 0 aliphatic heterocycles. The van der Waals surface area contributed by atoms with Gasteiger partial charge in [-0.15, -0.1) is 4.89 Å². The van der Waals surface area contributed by atoms with E-state index in [0.29, 0.717) is 5.25 Å². The van der Waals surface area contributed by atoms with Crippen molar-refractivity contribution in [2.24, 2.45) is 0 Å². The van der Waals surface area contributed by atoms with Crippen molar-refractivity contribution in [3.8, 4) is 0 Å². The standard InChI is InChI=1S/C7H15NO2S/c1-10-8-11(9)7-5-3-2-4-6-7/h7-8H,2-6H2,1H3. The van der Waals surface area contributed by atoms with E-state index in [1.54, 1.807) is 0 Å². The molecule has 0 bridgehead atoms. The highest BCUT2D eigenvalue weighted by Gasteiger charge is 2.19. The first-order valence-electron chi connectivity index (χ1n) is 4.04. The van der Waals surface area contributed by atoms with Crippen LogP contribution in [0.4, 0.5) is 0 Å². The summed E-state index contributed by atoms with van der Waals surface area (Å²) < 4.78 is 11.3. The Morgan fingerprint density at radius 1 is 1.36 bits per heavy atom. The smallest absolute Gasteiger partial charge is 0.118 e. The van der Waals surface area contributed by atoms with Crippen molar-refractivity contribution in [3.05, 3.63) is 0 Å². The molecule has 11 heavy (non-hydrogen) atoms. The summed E-state index contributed by atoms with van der Waals surface area (Å²) in [6, 6.07) is 0. The molecule has 0 heterocycles. The molecule has 1 N–H and O–H groups in total. The molecule has 1 atom stereocenters. The number of rotatable bonds is 3. The van der Waals surface area contributed by atoms with Gasteiger partial charge in [-0.3, -0.25) is 4.84 Å². The number of nitrogens with one attached hydrogen (secondary N) is 1. The second kappa shape index (κ2) is 4.85. The summed E-state index contributed by atoms with van der Waals surface area (Å²) in [4.78, 5) is 7.09.